The van der Waals surface area contributed by atoms with Crippen LogP contribution in [-0.2, 0) is 4.74 Å². The van der Waals surface area contributed by atoms with Gasteiger partial charge >= 0.3 is 0 Å². The van der Waals surface area contributed by atoms with Crippen LogP contribution in [-0.4, -0.2) is 42.8 Å². The summed E-state index contributed by atoms with van der Waals surface area (Å²) in [7, 11) is 0. The molecule has 1 aliphatic rings. The van der Waals surface area contributed by atoms with Gasteiger partial charge in [-0.05, 0) is 39.7 Å². The molecule has 16 heavy (non-hydrogen) atoms. The Hall–Kier alpha value is -0.630. The summed E-state index contributed by atoms with van der Waals surface area (Å²) >= 11 is 0. The Kier molecular flexibility index (Phi) is 5.20. The number of ether oxygens (including phenoxy) is 1. The molecule has 1 saturated heterocycles. The van der Waals surface area contributed by atoms with Gasteiger partial charge in [0.15, 0.2) is 0 Å². The molecular formula is C12H23N3O. The Balaban J connectivity index is 2.30. The van der Waals surface area contributed by atoms with Gasteiger partial charge in [-0.15, -0.1) is 0 Å². The highest BCUT2D eigenvalue weighted by molar-refractivity contribution is 5.01. The minimum absolute atomic E-state index is 0.366. The number of nitrogens with zero attached hydrogens (tertiary/aromatic N) is 2. The van der Waals surface area contributed by atoms with Crippen molar-refractivity contribution >= 4 is 0 Å². The van der Waals surface area contributed by atoms with Crippen molar-refractivity contribution in [3.63, 3.8) is 0 Å². The number of hydrogen-bond donors (Lipinski definition) is 1. The molecule has 1 aliphatic heterocycles. The van der Waals surface area contributed by atoms with Crippen molar-refractivity contribution in [3.8, 4) is 6.07 Å². The highest BCUT2D eigenvalue weighted by atomic mass is 16.5. The third-order valence-corrected chi connectivity index (χ3v) is 3.07. The van der Waals surface area contributed by atoms with E-state index in [1.54, 1.807) is 6.92 Å². The molecule has 0 aromatic carbocycles. The molecule has 4 nitrogen and oxygen atoms in total. The van der Waals surface area contributed by atoms with Crippen LogP contribution in [0, 0.1) is 11.3 Å². The van der Waals surface area contributed by atoms with Gasteiger partial charge < -0.3 is 15.4 Å². The van der Waals surface area contributed by atoms with Crippen LogP contribution in [0.25, 0.3) is 0 Å². The quantitative estimate of drug-likeness (QED) is 0.761. The lowest BCUT2D eigenvalue weighted by Gasteiger charge is -2.33. The van der Waals surface area contributed by atoms with Crippen molar-refractivity contribution in [2.45, 2.75) is 44.8 Å². The summed E-state index contributed by atoms with van der Waals surface area (Å²) in [5.74, 6) is 0. The topological polar surface area (TPSA) is 62.3 Å². The summed E-state index contributed by atoms with van der Waals surface area (Å²) in [6.45, 7) is 7.58. The Labute approximate surface area is 98.4 Å². The smallest absolute Gasteiger partial charge is 0.102 e. The van der Waals surface area contributed by atoms with E-state index < -0.39 is 5.54 Å². The molecule has 0 amide bonds. The number of nitrogens with two attached hydrogens (primary N) is 1. The zero-order valence-electron chi connectivity index (χ0n) is 10.4. The fourth-order valence-electron chi connectivity index (χ4n) is 2.03. The molecule has 0 radical (unpaired) electrons. The predicted octanol–water partition coefficient (Wildman–Crippen LogP) is 1.12. The number of hydrogen-bond acceptors (Lipinski definition) is 4. The van der Waals surface area contributed by atoms with Crippen molar-refractivity contribution in [3.05, 3.63) is 0 Å². The van der Waals surface area contributed by atoms with Crippen LogP contribution >= 0.6 is 0 Å². The second-order valence-electron chi connectivity index (χ2n) is 4.80. The molecule has 0 bridgehead atoms. The zero-order chi connectivity index (χ0) is 12.0. The normalized spacial score (nSPS) is 26.0. The molecule has 1 fully saturated rings. The molecule has 0 spiro atoms. The highest BCUT2D eigenvalue weighted by Gasteiger charge is 2.23. The lowest BCUT2D eigenvalue weighted by Crippen LogP contribution is -2.44. The van der Waals surface area contributed by atoms with Gasteiger partial charge in [-0.2, -0.15) is 5.26 Å². The Morgan fingerprint density at radius 3 is 3.00 bits per heavy atom. The highest BCUT2D eigenvalue weighted by Crippen LogP contribution is 2.15. The van der Waals surface area contributed by atoms with Gasteiger partial charge in [-0.25, -0.2) is 0 Å². The number of nitriles is 1. The molecule has 0 aromatic heterocycles. The molecule has 2 N–H and O–H groups in total. The third kappa shape index (κ3) is 4.48. The summed E-state index contributed by atoms with van der Waals surface area (Å²) in [4.78, 5) is 2.35. The first kappa shape index (κ1) is 13.4. The average molecular weight is 225 g/mol. The summed E-state index contributed by atoms with van der Waals surface area (Å²) in [6, 6.07) is 2.14. The van der Waals surface area contributed by atoms with E-state index in [1.807, 2.05) is 6.92 Å². The molecule has 1 rings (SSSR count). The summed E-state index contributed by atoms with van der Waals surface area (Å²) < 4.78 is 5.63. The fraction of sp³-hybridized carbons (Fsp3) is 0.917. The molecule has 0 aliphatic carbocycles. The molecule has 4 heteroatoms. The lowest BCUT2D eigenvalue weighted by molar-refractivity contribution is 0.00490. The van der Waals surface area contributed by atoms with Gasteiger partial charge in [-0.1, -0.05) is 0 Å². The minimum atomic E-state index is -0.696. The van der Waals surface area contributed by atoms with Gasteiger partial charge in [-0.3, -0.25) is 0 Å². The second kappa shape index (κ2) is 6.19. The Morgan fingerprint density at radius 2 is 2.38 bits per heavy atom. The summed E-state index contributed by atoms with van der Waals surface area (Å²) in [5, 5.41) is 8.84. The first-order chi connectivity index (χ1) is 7.57. The average Bonchev–Trinajstić information content (AvgIpc) is 2.28. The maximum Gasteiger partial charge on any atom is 0.102 e. The van der Waals surface area contributed by atoms with Gasteiger partial charge in [0.1, 0.15) is 5.54 Å². The van der Waals surface area contributed by atoms with Crippen LogP contribution in [0.15, 0.2) is 0 Å². The molecule has 2 atom stereocenters. The van der Waals surface area contributed by atoms with Crippen LogP contribution in [0.1, 0.15) is 33.1 Å². The summed E-state index contributed by atoms with van der Waals surface area (Å²) in [5.41, 5.74) is 5.11. The Morgan fingerprint density at radius 1 is 1.62 bits per heavy atom. The van der Waals surface area contributed by atoms with E-state index in [1.165, 1.54) is 6.42 Å². The first-order valence-electron chi connectivity index (χ1n) is 6.11. The second-order valence-corrected chi connectivity index (χ2v) is 4.80. The van der Waals surface area contributed by atoms with E-state index >= 15 is 0 Å². The van der Waals surface area contributed by atoms with Gasteiger partial charge in [0.2, 0.25) is 0 Å². The van der Waals surface area contributed by atoms with E-state index in [-0.39, 0.29) is 0 Å². The lowest BCUT2D eigenvalue weighted by atomic mass is 10.00. The molecule has 1 heterocycles. The van der Waals surface area contributed by atoms with Crippen molar-refractivity contribution < 1.29 is 4.74 Å². The van der Waals surface area contributed by atoms with E-state index in [0.29, 0.717) is 6.10 Å². The summed E-state index contributed by atoms with van der Waals surface area (Å²) in [6.07, 6.45) is 3.42. The van der Waals surface area contributed by atoms with Crippen LogP contribution in [0.3, 0.4) is 0 Å². The Bertz CT molecular complexity index is 245. The molecule has 92 valence electrons. The van der Waals surface area contributed by atoms with Crippen LogP contribution < -0.4 is 5.73 Å². The minimum Gasteiger partial charge on any atom is -0.377 e. The van der Waals surface area contributed by atoms with Crippen molar-refractivity contribution in [1.29, 1.82) is 5.26 Å². The van der Waals surface area contributed by atoms with Crippen molar-refractivity contribution in [2.75, 3.05) is 26.2 Å². The molecule has 0 aromatic rings. The van der Waals surface area contributed by atoms with Crippen molar-refractivity contribution in [2.24, 2.45) is 5.73 Å². The molecule has 2 unspecified atom stereocenters. The van der Waals surface area contributed by atoms with Crippen LogP contribution in [0.2, 0.25) is 0 Å². The van der Waals surface area contributed by atoms with Gasteiger partial charge in [0, 0.05) is 19.7 Å². The standard InChI is InChI=1S/C12H23N3O/c1-3-16-11-5-4-7-15(9-11)8-6-12(2,14)10-13/h11H,3-9,14H2,1-2H3. The van der Waals surface area contributed by atoms with Crippen molar-refractivity contribution in [1.82, 2.24) is 4.90 Å². The maximum absolute atomic E-state index is 8.84. The first-order valence-corrected chi connectivity index (χ1v) is 6.11. The number of piperidine rings is 1. The van der Waals surface area contributed by atoms with Crippen LogP contribution in [0.5, 0.6) is 0 Å². The van der Waals surface area contributed by atoms with Gasteiger partial charge in [0.25, 0.3) is 0 Å². The SMILES string of the molecule is CCOC1CCCN(CCC(C)(N)C#N)C1. The largest absolute Gasteiger partial charge is 0.377 e. The van der Waals surface area contributed by atoms with Crippen LogP contribution in [0.4, 0.5) is 0 Å². The molecule has 0 saturated carbocycles. The van der Waals surface area contributed by atoms with E-state index in [4.69, 9.17) is 15.7 Å². The molecular weight excluding hydrogens is 202 g/mol. The number of rotatable bonds is 5. The van der Waals surface area contributed by atoms with Gasteiger partial charge in [0.05, 0.1) is 12.2 Å². The maximum atomic E-state index is 8.84. The van der Waals surface area contributed by atoms with E-state index in [2.05, 4.69) is 11.0 Å². The third-order valence-electron chi connectivity index (χ3n) is 3.07. The number of likely N-dealkylation sites (tertiary alicyclic amines) is 1. The van der Waals surface area contributed by atoms with E-state index in [0.717, 1.165) is 39.1 Å². The predicted molar refractivity (Wildman–Crippen MR) is 63.9 cm³/mol. The van der Waals surface area contributed by atoms with E-state index in [9.17, 15) is 0 Å². The fourth-order valence-corrected chi connectivity index (χ4v) is 2.03. The zero-order valence-corrected chi connectivity index (χ0v) is 10.4. The monoisotopic (exact) mass is 225 g/mol.